The van der Waals surface area contributed by atoms with E-state index in [4.69, 9.17) is 0 Å². The van der Waals surface area contributed by atoms with Crippen molar-refractivity contribution in [3.05, 3.63) is 35.9 Å². The molecule has 1 nitrogen and oxygen atoms in total. The zero-order valence-electron chi connectivity index (χ0n) is 12.1. The van der Waals surface area contributed by atoms with Crippen LogP contribution in [0.5, 0.6) is 5.75 Å². The summed E-state index contributed by atoms with van der Waals surface area (Å²) in [5.41, 5.74) is 1.42. The Bertz CT molecular complexity index is 562. The zero-order chi connectivity index (χ0) is 13.8. The fraction of sp³-hybridized carbons (Fsp3) is 0.412. The Morgan fingerprint density at radius 2 is 1.84 bits per heavy atom. The number of hydrogen-bond acceptors (Lipinski definition) is 1. The van der Waals surface area contributed by atoms with Crippen molar-refractivity contribution >= 4 is 34.5 Å². The second-order valence-electron chi connectivity index (χ2n) is 5.14. The Labute approximate surface area is 123 Å². The van der Waals surface area contributed by atoms with Gasteiger partial charge in [-0.15, -0.1) is 0 Å². The Kier molecular flexibility index (Phi) is 5.16. The number of phenols is 1. The Balaban J connectivity index is 2.42. The maximum atomic E-state index is 10.2. The van der Waals surface area contributed by atoms with Crippen LogP contribution in [0.1, 0.15) is 32.3 Å². The van der Waals surface area contributed by atoms with Crippen LogP contribution in [0.2, 0.25) is 9.24 Å². The predicted molar refractivity (Wildman–Crippen MR) is 86.0 cm³/mol. The molecule has 2 rings (SSSR count). The summed E-state index contributed by atoms with van der Waals surface area (Å²) in [5, 5.41) is 12.6. The van der Waals surface area contributed by atoms with E-state index in [0.29, 0.717) is 5.75 Å². The molecule has 0 unspecified atom stereocenters. The van der Waals surface area contributed by atoms with Gasteiger partial charge in [0.1, 0.15) is 0 Å². The van der Waals surface area contributed by atoms with Crippen LogP contribution in [0, 0.1) is 0 Å². The van der Waals surface area contributed by atoms with Gasteiger partial charge in [0, 0.05) is 0 Å². The van der Waals surface area contributed by atoms with Crippen LogP contribution in [-0.4, -0.2) is 25.3 Å². The second-order valence-corrected chi connectivity index (χ2v) is 12.3. The average molecular weight is 365 g/mol. The van der Waals surface area contributed by atoms with Crippen molar-refractivity contribution in [2.75, 3.05) is 0 Å². The summed E-state index contributed by atoms with van der Waals surface area (Å²) in [4.78, 5) is 2.35. The van der Waals surface area contributed by atoms with Gasteiger partial charge in [0.05, 0.1) is 0 Å². The molecule has 1 N–H and O–H groups in total. The summed E-state index contributed by atoms with van der Waals surface area (Å²) in [6, 6.07) is 10.8. The first-order valence-electron chi connectivity index (χ1n) is 7.12. The van der Waals surface area contributed by atoms with Crippen LogP contribution >= 0.6 is 0 Å². The summed E-state index contributed by atoms with van der Waals surface area (Å²) in [6.45, 7) is 4.47. The van der Waals surface area contributed by atoms with Crippen molar-refractivity contribution in [1.29, 1.82) is 0 Å². The average Bonchev–Trinajstić information content (AvgIpc) is 2.43. The molecule has 0 aromatic heterocycles. The molecule has 102 valence electrons. The van der Waals surface area contributed by atoms with Crippen molar-refractivity contribution in [2.45, 2.75) is 42.3 Å². The molecule has 0 saturated carbocycles. The molecule has 0 aliphatic carbocycles. The minimum atomic E-state index is -1.42. The third kappa shape index (κ3) is 3.45. The van der Waals surface area contributed by atoms with Crippen LogP contribution < -0.4 is 3.51 Å². The molecule has 0 saturated heterocycles. The van der Waals surface area contributed by atoms with E-state index in [1.165, 1.54) is 31.7 Å². The molecule has 0 spiro atoms. The van der Waals surface area contributed by atoms with E-state index in [-0.39, 0.29) is 0 Å². The van der Waals surface area contributed by atoms with E-state index in [9.17, 15) is 5.11 Å². The van der Waals surface area contributed by atoms with Crippen molar-refractivity contribution in [3.63, 3.8) is 0 Å². The number of rotatable bonds is 5. The maximum absolute atomic E-state index is 10.2. The van der Waals surface area contributed by atoms with Gasteiger partial charge in [0.2, 0.25) is 0 Å². The molecule has 0 radical (unpaired) electrons. The summed E-state index contributed by atoms with van der Waals surface area (Å²) < 4.78 is 2.49. The van der Waals surface area contributed by atoms with Crippen LogP contribution in [0.25, 0.3) is 10.8 Å². The first kappa shape index (κ1) is 14.7. The van der Waals surface area contributed by atoms with Gasteiger partial charge in [0.15, 0.2) is 0 Å². The molecule has 2 aromatic rings. The normalized spacial score (nSPS) is 11.4. The predicted octanol–water partition coefficient (Wildman–Crippen LogP) is 4.24. The number of unbranched alkanes of at least 4 members (excludes halogenated alkanes) is 1. The summed E-state index contributed by atoms with van der Waals surface area (Å²) >= 11 is -1.42. The Morgan fingerprint density at radius 1 is 1.05 bits per heavy atom. The van der Waals surface area contributed by atoms with Crippen LogP contribution in [-0.2, 0) is 6.42 Å². The van der Waals surface area contributed by atoms with E-state index in [1.54, 1.807) is 0 Å². The van der Waals surface area contributed by atoms with Gasteiger partial charge >= 0.3 is 124 Å². The number of hydrogen-bond donors (Lipinski definition) is 1. The zero-order valence-corrected chi connectivity index (χ0v) is 14.7. The molecule has 0 bridgehead atoms. The molecule has 0 aliphatic heterocycles. The molecule has 0 aliphatic rings. The number of phenolic OH excluding ortho intramolecular Hbond substituents is 1. The van der Waals surface area contributed by atoms with E-state index in [0.717, 1.165) is 11.8 Å². The summed E-state index contributed by atoms with van der Waals surface area (Å²) in [5.74, 6) is 0.515. The standard InChI is InChI=1S/C14H15O.C2H5.CH3.Sb/c1-2-3-4-11-5-6-13-10-14(15)8-7-12(13)9-11;1-2;;/h5-7,9-10,15H,2-4H2,1H3;1H2,2H3;1H3;. The van der Waals surface area contributed by atoms with Gasteiger partial charge in [-0.25, -0.2) is 0 Å². The quantitative estimate of drug-likeness (QED) is 0.786. The molecular formula is C17H23OSb. The van der Waals surface area contributed by atoms with Crippen molar-refractivity contribution in [1.82, 2.24) is 0 Å². The van der Waals surface area contributed by atoms with Gasteiger partial charge in [-0.1, -0.05) is 0 Å². The first-order chi connectivity index (χ1) is 9.15. The molecule has 19 heavy (non-hydrogen) atoms. The molecule has 0 amide bonds. The molecule has 0 fully saturated rings. The van der Waals surface area contributed by atoms with Gasteiger partial charge < -0.3 is 0 Å². The van der Waals surface area contributed by atoms with E-state index in [2.05, 4.69) is 43.0 Å². The molecule has 0 heterocycles. The summed E-state index contributed by atoms with van der Waals surface area (Å²) in [7, 11) is 0. The Hall–Kier alpha value is -0.682. The van der Waals surface area contributed by atoms with E-state index >= 15 is 0 Å². The van der Waals surface area contributed by atoms with Crippen LogP contribution in [0.3, 0.4) is 0 Å². The SMILES string of the molecule is CCCCc1ccc2cc(O)[c]([Sb]([CH3])[CH2]C)cc2c1. The Morgan fingerprint density at radius 3 is 2.53 bits per heavy atom. The van der Waals surface area contributed by atoms with Gasteiger partial charge in [-0.2, -0.15) is 0 Å². The van der Waals surface area contributed by atoms with Crippen molar-refractivity contribution < 1.29 is 5.11 Å². The number of aromatic hydroxyl groups is 1. The van der Waals surface area contributed by atoms with Gasteiger partial charge in [0.25, 0.3) is 0 Å². The van der Waals surface area contributed by atoms with E-state index in [1.807, 2.05) is 6.07 Å². The van der Waals surface area contributed by atoms with Crippen LogP contribution in [0.4, 0.5) is 0 Å². The second kappa shape index (κ2) is 6.66. The number of benzene rings is 2. The van der Waals surface area contributed by atoms with Crippen LogP contribution in [0.15, 0.2) is 30.3 Å². The van der Waals surface area contributed by atoms with Crippen molar-refractivity contribution in [2.24, 2.45) is 0 Å². The van der Waals surface area contributed by atoms with Crippen molar-refractivity contribution in [3.8, 4) is 5.75 Å². The fourth-order valence-corrected chi connectivity index (χ4v) is 5.63. The topological polar surface area (TPSA) is 20.2 Å². The number of fused-ring (bicyclic) bond motifs is 1. The third-order valence-electron chi connectivity index (χ3n) is 3.70. The van der Waals surface area contributed by atoms with Gasteiger partial charge in [-0.05, 0) is 0 Å². The molecule has 2 aromatic carbocycles. The molecular weight excluding hydrogens is 342 g/mol. The third-order valence-corrected chi connectivity index (χ3v) is 9.78. The minimum absolute atomic E-state index is 0.515. The van der Waals surface area contributed by atoms with Gasteiger partial charge in [-0.3, -0.25) is 0 Å². The number of aryl methyl sites for hydroxylation is 1. The monoisotopic (exact) mass is 364 g/mol. The fourth-order valence-electron chi connectivity index (χ4n) is 2.34. The first-order valence-corrected chi connectivity index (χ1v) is 12.8. The van der Waals surface area contributed by atoms with E-state index < -0.39 is 20.2 Å². The summed E-state index contributed by atoms with van der Waals surface area (Å²) in [6.07, 6.45) is 3.65. The molecule has 2 heteroatoms. The molecule has 0 atom stereocenters.